The van der Waals surface area contributed by atoms with Crippen molar-refractivity contribution in [3.8, 4) is 0 Å². The molecule has 2 aliphatic heterocycles. The lowest BCUT2D eigenvalue weighted by molar-refractivity contribution is 0.00578. The molecule has 8 heteroatoms. The summed E-state index contributed by atoms with van der Waals surface area (Å²) < 4.78 is 25.0. The van der Waals surface area contributed by atoms with Gasteiger partial charge in [-0.1, -0.05) is 57.5 Å². The lowest BCUT2D eigenvalue weighted by Gasteiger charge is -2.42. The quantitative estimate of drug-likeness (QED) is 0.313. The zero-order valence-corrected chi connectivity index (χ0v) is 26.0. The zero-order chi connectivity index (χ0) is 27.7. The van der Waals surface area contributed by atoms with Crippen molar-refractivity contribution in [2.24, 2.45) is 5.41 Å². The maximum Gasteiger partial charge on any atom is 0.457 e. The molecular formula is C29H50BNO5Si. The second kappa shape index (κ2) is 11.0. The molecule has 1 aromatic rings. The van der Waals surface area contributed by atoms with Crippen LogP contribution >= 0.6 is 0 Å². The standard InChI is InChI=1S/C29H50BNO5Si/c1-23-29(22-34-37(9,10)26(2,3)4,17-14-19-30-35-27(5,6)28(7,8)36-30)18-20-31(23)25(32)33-21-24-15-12-11-13-16-24/h11-13,15-16,23H,14,17-22H2,1-10H3/t23-,29-/m1/s1. The monoisotopic (exact) mass is 531 g/mol. The van der Waals surface area contributed by atoms with Gasteiger partial charge in [-0.25, -0.2) is 4.79 Å². The highest BCUT2D eigenvalue weighted by atomic mass is 28.4. The lowest BCUT2D eigenvalue weighted by atomic mass is 9.73. The van der Waals surface area contributed by atoms with E-state index in [0.29, 0.717) is 13.2 Å². The van der Waals surface area contributed by atoms with Gasteiger partial charge in [-0.2, -0.15) is 0 Å². The third kappa shape index (κ3) is 6.81. The molecule has 2 fully saturated rings. The number of benzene rings is 1. The summed E-state index contributed by atoms with van der Waals surface area (Å²) in [4.78, 5) is 15.0. The molecule has 0 aliphatic carbocycles. The van der Waals surface area contributed by atoms with E-state index in [1.807, 2.05) is 35.2 Å². The number of rotatable bonds is 9. The van der Waals surface area contributed by atoms with Gasteiger partial charge in [-0.15, -0.1) is 0 Å². The van der Waals surface area contributed by atoms with Crippen LogP contribution < -0.4 is 0 Å². The number of ether oxygens (including phenoxy) is 1. The van der Waals surface area contributed by atoms with Gasteiger partial charge < -0.3 is 23.4 Å². The molecule has 2 aliphatic rings. The molecule has 1 amide bonds. The largest absolute Gasteiger partial charge is 0.457 e. The molecule has 2 atom stereocenters. The smallest absolute Gasteiger partial charge is 0.445 e. The molecule has 3 rings (SSSR count). The molecule has 2 heterocycles. The second-order valence-corrected chi connectivity index (χ2v) is 18.5. The van der Waals surface area contributed by atoms with E-state index in [9.17, 15) is 4.79 Å². The van der Waals surface area contributed by atoms with Crippen LogP contribution in [0.1, 0.15) is 80.2 Å². The summed E-state index contributed by atoms with van der Waals surface area (Å²) in [6.07, 6.45) is 3.41. The van der Waals surface area contributed by atoms with Crippen molar-refractivity contribution in [3.63, 3.8) is 0 Å². The lowest BCUT2D eigenvalue weighted by Crippen LogP contribution is -2.48. The normalized spacial score (nSPS) is 25.5. The number of nitrogens with zero attached hydrogens (tertiary/aromatic N) is 1. The minimum absolute atomic E-state index is 0.0267. The van der Waals surface area contributed by atoms with Gasteiger partial charge in [0.2, 0.25) is 0 Å². The van der Waals surface area contributed by atoms with E-state index in [4.69, 9.17) is 18.5 Å². The highest BCUT2D eigenvalue weighted by molar-refractivity contribution is 6.74. The number of likely N-dealkylation sites (tertiary alicyclic amines) is 1. The average molecular weight is 532 g/mol. The fraction of sp³-hybridized carbons (Fsp3) is 0.759. The van der Waals surface area contributed by atoms with E-state index >= 15 is 0 Å². The first-order valence-electron chi connectivity index (χ1n) is 14.0. The van der Waals surface area contributed by atoms with Crippen molar-refractivity contribution in [2.75, 3.05) is 13.2 Å². The predicted octanol–water partition coefficient (Wildman–Crippen LogP) is 7.30. The van der Waals surface area contributed by atoms with E-state index in [1.54, 1.807) is 0 Å². The van der Waals surface area contributed by atoms with Gasteiger partial charge in [0.1, 0.15) is 6.61 Å². The van der Waals surface area contributed by atoms with Gasteiger partial charge in [0, 0.05) is 24.6 Å². The van der Waals surface area contributed by atoms with Crippen LogP contribution in [0.5, 0.6) is 0 Å². The summed E-state index contributed by atoms with van der Waals surface area (Å²) in [7, 11) is -2.15. The van der Waals surface area contributed by atoms with Crippen molar-refractivity contribution < 1.29 is 23.3 Å². The van der Waals surface area contributed by atoms with E-state index in [2.05, 4.69) is 68.5 Å². The number of amides is 1. The van der Waals surface area contributed by atoms with Crippen LogP contribution in [0, 0.1) is 5.41 Å². The molecule has 0 N–H and O–H groups in total. The first-order chi connectivity index (χ1) is 17.0. The molecule has 0 spiro atoms. The van der Waals surface area contributed by atoms with Crippen molar-refractivity contribution in [2.45, 2.75) is 123 Å². The van der Waals surface area contributed by atoms with Crippen LogP contribution in [0.2, 0.25) is 24.5 Å². The Balaban J connectivity index is 1.68. The van der Waals surface area contributed by atoms with Gasteiger partial charge in [0.05, 0.1) is 11.2 Å². The van der Waals surface area contributed by atoms with Crippen LogP contribution in [-0.2, 0) is 25.1 Å². The molecule has 0 aromatic heterocycles. The van der Waals surface area contributed by atoms with Crippen LogP contribution in [-0.4, -0.2) is 56.8 Å². The maximum atomic E-state index is 13.1. The van der Waals surface area contributed by atoms with Gasteiger partial charge in [-0.05, 0) is 77.5 Å². The van der Waals surface area contributed by atoms with Crippen LogP contribution in [0.25, 0.3) is 0 Å². The van der Waals surface area contributed by atoms with Gasteiger partial charge >= 0.3 is 13.2 Å². The third-order valence-corrected chi connectivity index (χ3v) is 14.1. The Labute approximate surface area is 227 Å². The molecule has 37 heavy (non-hydrogen) atoms. The average Bonchev–Trinajstić information content (AvgIpc) is 3.22. The molecule has 0 unspecified atom stereocenters. The Hall–Kier alpha value is -1.35. The second-order valence-electron chi connectivity index (χ2n) is 13.6. The summed E-state index contributed by atoms with van der Waals surface area (Å²) in [6.45, 7) is 23.6. The topological polar surface area (TPSA) is 57.2 Å². The van der Waals surface area contributed by atoms with Crippen LogP contribution in [0.3, 0.4) is 0 Å². The fourth-order valence-electron chi connectivity index (χ4n) is 4.97. The molecule has 6 nitrogen and oxygen atoms in total. The highest BCUT2D eigenvalue weighted by Gasteiger charge is 2.52. The number of hydrogen-bond acceptors (Lipinski definition) is 5. The first-order valence-corrected chi connectivity index (χ1v) is 16.9. The first kappa shape index (κ1) is 30.2. The molecule has 1 aromatic carbocycles. The fourth-order valence-corrected chi connectivity index (χ4v) is 6.05. The van der Waals surface area contributed by atoms with E-state index in [1.165, 1.54) is 0 Å². The van der Waals surface area contributed by atoms with Crippen LogP contribution in [0.15, 0.2) is 30.3 Å². The Kier molecular flexibility index (Phi) is 9.00. The molecule has 0 radical (unpaired) electrons. The SMILES string of the molecule is C[C@H]1N(C(=O)OCc2ccccc2)CC[C@]1(CCCB1OC(C)(C)C(C)(C)O1)CO[Si](C)(C)C(C)(C)C. The summed E-state index contributed by atoms with van der Waals surface area (Å²) in [5.74, 6) is 0. The summed E-state index contributed by atoms with van der Waals surface area (Å²) >= 11 is 0. The van der Waals surface area contributed by atoms with Gasteiger partial charge in [0.25, 0.3) is 0 Å². The Bertz CT molecular complexity index is 901. The van der Waals surface area contributed by atoms with Crippen molar-refractivity contribution in [3.05, 3.63) is 35.9 Å². The number of carbonyl (C=O) groups excluding carboxylic acids is 1. The molecular weight excluding hydrogens is 481 g/mol. The van der Waals surface area contributed by atoms with Crippen molar-refractivity contribution >= 4 is 21.5 Å². The maximum absolute atomic E-state index is 13.1. The summed E-state index contributed by atoms with van der Waals surface area (Å²) in [5, 5.41) is 0.132. The summed E-state index contributed by atoms with van der Waals surface area (Å²) in [5.41, 5.74) is 0.240. The summed E-state index contributed by atoms with van der Waals surface area (Å²) in [6, 6.07) is 9.88. The Morgan fingerprint density at radius 2 is 1.70 bits per heavy atom. The molecule has 0 saturated carbocycles. The van der Waals surface area contributed by atoms with Crippen molar-refractivity contribution in [1.29, 1.82) is 0 Å². The van der Waals surface area contributed by atoms with E-state index in [-0.39, 0.29) is 47.5 Å². The minimum Gasteiger partial charge on any atom is -0.445 e. The molecule has 0 bridgehead atoms. The zero-order valence-electron chi connectivity index (χ0n) is 25.0. The van der Waals surface area contributed by atoms with Crippen molar-refractivity contribution in [1.82, 2.24) is 4.90 Å². The third-order valence-electron chi connectivity index (χ3n) is 9.59. The molecule has 2 saturated heterocycles. The number of carbonyl (C=O) groups is 1. The van der Waals surface area contributed by atoms with Crippen LogP contribution in [0.4, 0.5) is 4.79 Å². The van der Waals surface area contributed by atoms with E-state index in [0.717, 1.165) is 31.1 Å². The van der Waals surface area contributed by atoms with Gasteiger partial charge in [-0.3, -0.25) is 0 Å². The number of hydrogen-bond donors (Lipinski definition) is 0. The van der Waals surface area contributed by atoms with E-state index < -0.39 is 8.32 Å². The minimum atomic E-state index is -1.94. The highest BCUT2D eigenvalue weighted by Crippen LogP contribution is 2.46. The van der Waals surface area contributed by atoms with Gasteiger partial charge in [0.15, 0.2) is 8.32 Å². The Morgan fingerprint density at radius 3 is 2.27 bits per heavy atom. The molecule has 208 valence electrons. The Morgan fingerprint density at radius 1 is 1.11 bits per heavy atom. The predicted molar refractivity (Wildman–Crippen MR) is 153 cm³/mol.